The molecule has 0 saturated heterocycles. The van der Waals surface area contributed by atoms with E-state index < -0.39 is 11.7 Å². The number of esters is 1. The van der Waals surface area contributed by atoms with E-state index >= 15 is 0 Å². The zero-order valence-electron chi connectivity index (χ0n) is 13.4. The maximum atomic E-state index is 11.7. The average molecular weight is 309 g/mol. The monoisotopic (exact) mass is 309 g/mol. The summed E-state index contributed by atoms with van der Waals surface area (Å²) in [6.45, 7) is 5.56. The first kappa shape index (κ1) is 17.8. The first-order valence-corrected chi connectivity index (χ1v) is 7.04. The number of hydrogen-bond acceptors (Lipinski definition) is 5. The van der Waals surface area contributed by atoms with E-state index in [-0.39, 0.29) is 30.6 Å². The lowest BCUT2D eigenvalue weighted by molar-refractivity contribution is -0.141. The second-order valence-electron chi connectivity index (χ2n) is 5.95. The summed E-state index contributed by atoms with van der Waals surface area (Å²) in [5, 5.41) is 12.0. The number of carbonyl (C=O) groups is 2. The SMILES string of the molecule is COC(=O)CC(CNC(=O)OC(C)(C)C)c1ccc(O)cc1. The molecule has 0 fully saturated rings. The molecule has 0 saturated carbocycles. The van der Waals surface area contributed by atoms with Gasteiger partial charge in [-0.15, -0.1) is 0 Å². The highest BCUT2D eigenvalue weighted by molar-refractivity contribution is 5.71. The second-order valence-corrected chi connectivity index (χ2v) is 5.95. The molecule has 1 aromatic rings. The number of phenols is 1. The smallest absolute Gasteiger partial charge is 0.407 e. The minimum atomic E-state index is -0.583. The number of aromatic hydroxyl groups is 1. The van der Waals surface area contributed by atoms with Gasteiger partial charge in [0.2, 0.25) is 0 Å². The van der Waals surface area contributed by atoms with E-state index in [1.807, 2.05) is 0 Å². The number of nitrogens with one attached hydrogen (secondary N) is 1. The lowest BCUT2D eigenvalue weighted by Crippen LogP contribution is -2.35. The van der Waals surface area contributed by atoms with Crippen LogP contribution in [0.25, 0.3) is 0 Å². The van der Waals surface area contributed by atoms with E-state index in [0.717, 1.165) is 5.56 Å². The molecule has 22 heavy (non-hydrogen) atoms. The molecule has 0 heterocycles. The maximum Gasteiger partial charge on any atom is 0.407 e. The van der Waals surface area contributed by atoms with Crippen molar-refractivity contribution < 1.29 is 24.2 Å². The minimum absolute atomic E-state index is 0.122. The third-order valence-corrected chi connectivity index (χ3v) is 2.90. The van der Waals surface area contributed by atoms with Crippen molar-refractivity contribution in [3.05, 3.63) is 29.8 Å². The Morgan fingerprint density at radius 3 is 2.32 bits per heavy atom. The molecule has 0 bridgehead atoms. The molecule has 0 radical (unpaired) electrons. The Labute approximate surface area is 130 Å². The van der Waals surface area contributed by atoms with Crippen LogP contribution < -0.4 is 5.32 Å². The van der Waals surface area contributed by atoms with Gasteiger partial charge in [-0.2, -0.15) is 0 Å². The summed E-state index contributed by atoms with van der Waals surface area (Å²) in [6, 6.07) is 6.49. The number of methoxy groups -OCH3 is 1. The fourth-order valence-electron chi connectivity index (χ4n) is 1.86. The summed E-state index contributed by atoms with van der Waals surface area (Å²) in [7, 11) is 1.32. The number of benzene rings is 1. The topological polar surface area (TPSA) is 84.9 Å². The van der Waals surface area contributed by atoms with Crippen LogP contribution in [0.1, 0.15) is 38.7 Å². The van der Waals surface area contributed by atoms with Crippen molar-refractivity contribution in [2.45, 2.75) is 38.7 Å². The Balaban J connectivity index is 2.72. The van der Waals surface area contributed by atoms with Crippen LogP contribution in [0, 0.1) is 0 Å². The molecule has 2 N–H and O–H groups in total. The highest BCUT2D eigenvalue weighted by Crippen LogP contribution is 2.22. The maximum absolute atomic E-state index is 11.7. The first-order chi connectivity index (χ1) is 10.2. The fraction of sp³-hybridized carbons (Fsp3) is 0.500. The van der Waals surface area contributed by atoms with Crippen LogP contribution >= 0.6 is 0 Å². The summed E-state index contributed by atoms with van der Waals surface area (Å²) in [5.41, 5.74) is 0.236. The molecule has 0 aliphatic carbocycles. The van der Waals surface area contributed by atoms with Crippen molar-refractivity contribution >= 4 is 12.1 Å². The molecule has 1 atom stereocenters. The van der Waals surface area contributed by atoms with Crippen molar-refractivity contribution in [3.8, 4) is 5.75 Å². The zero-order valence-corrected chi connectivity index (χ0v) is 13.4. The Bertz CT molecular complexity index is 504. The molecule has 1 amide bonds. The van der Waals surface area contributed by atoms with Crippen LogP contribution in [-0.4, -0.2) is 36.4 Å². The largest absolute Gasteiger partial charge is 0.508 e. The van der Waals surface area contributed by atoms with Gasteiger partial charge in [0.25, 0.3) is 0 Å². The molecule has 1 rings (SSSR count). The molecule has 6 heteroatoms. The normalized spacial score (nSPS) is 12.4. The van der Waals surface area contributed by atoms with Gasteiger partial charge >= 0.3 is 12.1 Å². The second kappa shape index (κ2) is 7.68. The van der Waals surface area contributed by atoms with Gasteiger partial charge in [-0.25, -0.2) is 4.79 Å². The summed E-state index contributed by atoms with van der Waals surface area (Å²) in [6.07, 6.45) is -0.419. The Kier molecular flexibility index (Phi) is 6.22. The van der Waals surface area contributed by atoms with Gasteiger partial charge in [0.05, 0.1) is 13.5 Å². The third-order valence-electron chi connectivity index (χ3n) is 2.90. The Morgan fingerprint density at radius 2 is 1.82 bits per heavy atom. The molecular formula is C16H23NO5. The first-order valence-electron chi connectivity index (χ1n) is 7.04. The van der Waals surface area contributed by atoms with Crippen LogP contribution in [-0.2, 0) is 14.3 Å². The number of hydrogen-bond donors (Lipinski definition) is 2. The van der Waals surface area contributed by atoms with Crippen molar-refractivity contribution in [2.75, 3.05) is 13.7 Å². The van der Waals surface area contributed by atoms with Crippen LogP contribution in [0.3, 0.4) is 0 Å². The number of ether oxygens (including phenoxy) is 2. The molecule has 0 aromatic heterocycles. The number of amides is 1. The molecule has 1 unspecified atom stereocenters. The Morgan fingerprint density at radius 1 is 1.23 bits per heavy atom. The van der Waals surface area contributed by atoms with Crippen molar-refractivity contribution in [3.63, 3.8) is 0 Å². The highest BCUT2D eigenvalue weighted by atomic mass is 16.6. The van der Waals surface area contributed by atoms with E-state index in [9.17, 15) is 14.7 Å². The van der Waals surface area contributed by atoms with Crippen LogP contribution in [0.2, 0.25) is 0 Å². The summed E-state index contributed by atoms with van der Waals surface area (Å²) < 4.78 is 9.85. The van der Waals surface area contributed by atoms with E-state index in [1.165, 1.54) is 19.2 Å². The number of rotatable bonds is 5. The molecule has 0 spiro atoms. The van der Waals surface area contributed by atoms with E-state index in [2.05, 4.69) is 10.1 Å². The van der Waals surface area contributed by atoms with E-state index in [1.54, 1.807) is 32.9 Å². The molecule has 1 aromatic carbocycles. The number of phenolic OH excluding ortho intramolecular Hbond substituents is 1. The summed E-state index contributed by atoms with van der Waals surface area (Å²) in [5.74, 6) is -0.495. The zero-order chi connectivity index (χ0) is 16.8. The Hall–Kier alpha value is -2.24. The molecule has 6 nitrogen and oxygen atoms in total. The van der Waals surface area contributed by atoms with Crippen LogP contribution in [0.15, 0.2) is 24.3 Å². The lowest BCUT2D eigenvalue weighted by Gasteiger charge is -2.22. The minimum Gasteiger partial charge on any atom is -0.508 e. The van der Waals surface area contributed by atoms with Gasteiger partial charge in [0.15, 0.2) is 0 Å². The van der Waals surface area contributed by atoms with Crippen LogP contribution in [0.5, 0.6) is 5.75 Å². The summed E-state index contributed by atoms with van der Waals surface area (Å²) >= 11 is 0. The fourth-order valence-corrected chi connectivity index (χ4v) is 1.86. The van der Waals surface area contributed by atoms with Gasteiger partial charge in [0, 0.05) is 12.5 Å². The number of alkyl carbamates (subject to hydrolysis) is 1. The van der Waals surface area contributed by atoms with Crippen LogP contribution in [0.4, 0.5) is 4.79 Å². The molecule has 0 aliphatic heterocycles. The predicted molar refractivity (Wildman–Crippen MR) is 81.7 cm³/mol. The quantitative estimate of drug-likeness (QED) is 0.817. The molecular weight excluding hydrogens is 286 g/mol. The van der Waals surface area contributed by atoms with Gasteiger partial charge in [-0.05, 0) is 38.5 Å². The van der Waals surface area contributed by atoms with Crippen molar-refractivity contribution in [1.82, 2.24) is 5.32 Å². The summed E-state index contributed by atoms with van der Waals surface area (Å²) in [4.78, 5) is 23.2. The predicted octanol–water partition coefficient (Wildman–Crippen LogP) is 2.56. The van der Waals surface area contributed by atoms with Crippen molar-refractivity contribution in [2.24, 2.45) is 0 Å². The van der Waals surface area contributed by atoms with Gasteiger partial charge in [0.1, 0.15) is 11.4 Å². The molecule has 122 valence electrons. The van der Waals surface area contributed by atoms with E-state index in [0.29, 0.717) is 0 Å². The number of carbonyl (C=O) groups excluding carboxylic acids is 2. The average Bonchev–Trinajstić information content (AvgIpc) is 2.42. The van der Waals surface area contributed by atoms with Gasteiger partial charge in [-0.3, -0.25) is 4.79 Å². The van der Waals surface area contributed by atoms with Crippen molar-refractivity contribution in [1.29, 1.82) is 0 Å². The molecule has 0 aliphatic rings. The standard InChI is InChI=1S/C16H23NO5/c1-16(2,3)22-15(20)17-10-12(9-14(19)21-4)11-5-7-13(18)8-6-11/h5-8,12,18H,9-10H2,1-4H3,(H,17,20). The van der Waals surface area contributed by atoms with E-state index in [4.69, 9.17) is 4.74 Å². The van der Waals surface area contributed by atoms with Gasteiger partial charge < -0.3 is 19.9 Å². The highest BCUT2D eigenvalue weighted by Gasteiger charge is 2.20. The lowest BCUT2D eigenvalue weighted by atomic mass is 9.95. The third kappa shape index (κ3) is 6.47. The van der Waals surface area contributed by atoms with Gasteiger partial charge in [-0.1, -0.05) is 12.1 Å².